The maximum atomic E-state index is 14.4. The Morgan fingerprint density at radius 2 is 1.85 bits per heavy atom. The van der Waals surface area contributed by atoms with Crippen molar-refractivity contribution >= 4 is 28.9 Å². The van der Waals surface area contributed by atoms with Crippen LogP contribution in [0.15, 0.2) is 48.9 Å². The highest BCUT2D eigenvalue weighted by Gasteiger charge is 2.17. The second kappa shape index (κ2) is 12.3. The Morgan fingerprint density at radius 1 is 1.12 bits per heavy atom. The van der Waals surface area contributed by atoms with Gasteiger partial charge in [0, 0.05) is 40.9 Å². The molecular formula is C25H30ClFN4O2. The lowest BCUT2D eigenvalue weighted by Gasteiger charge is -2.18. The van der Waals surface area contributed by atoms with E-state index in [9.17, 15) is 14.3 Å². The molecule has 1 atom stereocenters. The lowest BCUT2D eigenvalue weighted by atomic mass is 10.0. The van der Waals surface area contributed by atoms with Crippen LogP contribution in [0.1, 0.15) is 56.5 Å². The van der Waals surface area contributed by atoms with Crippen LogP contribution < -0.4 is 10.6 Å². The van der Waals surface area contributed by atoms with Crippen molar-refractivity contribution < 1.29 is 14.3 Å². The van der Waals surface area contributed by atoms with E-state index in [1.165, 1.54) is 24.4 Å². The fraction of sp³-hybridized carbons (Fsp3) is 0.320. The molecule has 1 aromatic carbocycles. The predicted molar refractivity (Wildman–Crippen MR) is 132 cm³/mol. The highest BCUT2D eigenvalue weighted by molar-refractivity contribution is 6.30. The number of aliphatic hydroxyl groups excluding tert-OH is 1. The van der Waals surface area contributed by atoms with Crippen molar-refractivity contribution in [2.75, 3.05) is 11.9 Å². The number of anilines is 2. The standard InChI is InChI=1S/C23H24ClFN4O2.C2H6/c1-13(2)17-11-27-21(16-8-15(24)4-5-19(16)25)9-22(17)29-20-6-7-26-10-18(20)23(31)28-14(3)12-30;1-2/h4-11,13-14,30H,12H2,1-3H3,(H,28,31)(H,26,27,29);1-2H3. The van der Waals surface area contributed by atoms with Crippen LogP contribution in [0.2, 0.25) is 5.02 Å². The number of amides is 1. The molecule has 0 aliphatic heterocycles. The van der Waals surface area contributed by atoms with Gasteiger partial charge in [0.25, 0.3) is 5.91 Å². The van der Waals surface area contributed by atoms with Gasteiger partial charge >= 0.3 is 0 Å². The Kier molecular flexibility index (Phi) is 9.75. The van der Waals surface area contributed by atoms with Crippen molar-refractivity contribution in [1.29, 1.82) is 0 Å². The third kappa shape index (κ3) is 6.73. The summed E-state index contributed by atoms with van der Waals surface area (Å²) >= 11 is 6.05. The normalized spacial score (nSPS) is 11.4. The number of hydrogen-bond acceptors (Lipinski definition) is 5. The number of carbonyl (C=O) groups excluding carboxylic acids is 1. The number of pyridine rings is 2. The Balaban J connectivity index is 0.00000187. The first-order chi connectivity index (χ1) is 15.8. The van der Waals surface area contributed by atoms with Gasteiger partial charge in [-0.25, -0.2) is 4.39 Å². The highest BCUT2D eigenvalue weighted by atomic mass is 35.5. The molecule has 3 rings (SSSR count). The summed E-state index contributed by atoms with van der Waals surface area (Å²) in [4.78, 5) is 21.1. The fourth-order valence-electron chi connectivity index (χ4n) is 3.05. The molecule has 0 spiro atoms. The molecule has 3 aromatic rings. The molecule has 8 heteroatoms. The zero-order valence-electron chi connectivity index (χ0n) is 19.5. The average Bonchev–Trinajstić information content (AvgIpc) is 2.82. The Hall–Kier alpha value is -3.03. The Bertz CT molecular complexity index is 1090. The quantitative estimate of drug-likeness (QED) is 0.396. The van der Waals surface area contributed by atoms with Gasteiger partial charge in [-0.05, 0) is 48.7 Å². The molecule has 33 heavy (non-hydrogen) atoms. The number of aliphatic hydroxyl groups is 1. The van der Waals surface area contributed by atoms with Gasteiger partial charge in [-0.3, -0.25) is 14.8 Å². The molecule has 1 unspecified atom stereocenters. The van der Waals surface area contributed by atoms with Crippen molar-refractivity contribution in [3.8, 4) is 11.3 Å². The predicted octanol–water partition coefficient (Wildman–Crippen LogP) is 5.94. The molecule has 0 radical (unpaired) electrons. The summed E-state index contributed by atoms with van der Waals surface area (Å²) in [5.74, 6) is -0.665. The second-order valence-corrected chi connectivity index (χ2v) is 7.98. The molecule has 0 aliphatic carbocycles. The first-order valence-corrected chi connectivity index (χ1v) is 11.3. The minimum absolute atomic E-state index is 0.127. The van der Waals surface area contributed by atoms with Gasteiger partial charge in [0.15, 0.2) is 0 Å². The van der Waals surface area contributed by atoms with Crippen molar-refractivity contribution in [3.63, 3.8) is 0 Å². The van der Waals surface area contributed by atoms with Crippen LogP contribution in [0.3, 0.4) is 0 Å². The van der Waals surface area contributed by atoms with Crippen molar-refractivity contribution in [1.82, 2.24) is 15.3 Å². The number of hydrogen-bond donors (Lipinski definition) is 3. The molecule has 0 aliphatic rings. The molecule has 2 heterocycles. The van der Waals surface area contributed by atoms with Crippen LogP contribution in [0.4, 0.5) is 15.8 Å². The van der Waals surface area contributed by atoms with E-state index in [1.807, 2.05) is 27.7 Å². The molecule has 176 valence electrons. The van der Waals surface area contributed by atoms with Crippen LogP contribution in [-0.2, 0) is 0 Å². The number of nitrogens with one attached hydrogen (secondary N) is 2. The van der Waals surface area contributed by atoms with Crippen molar-refractivity contribution in [2.45, 2.75) is 46.6 Å². The topological polar surface area (TPSA) is 87.1 Å². The first kappa shape index (κ1) is 26.2. The number of carbonyl (C=O) groups is 1. The number of benzene rings is 1. The van der Waals surface area contributed by atoms with E-state index in [1.54, 1.807) is 31.5 Å². The summed E-state index contributed by atoms with van der Waals surface area (Å²) < 4.78 is 14.4. The highest BCUT2D eigenvalue weighted by Crippen LogP contribution is 2.33. The van der Waals surface area contributed by atoms with E-state index in [2.05, 4.69) is 20.6 Å². The fourth-order valence-corrected chi connectivity index (χ4v) is 3.22. The SMILES string of the molecule is CC.CC(CO)NC(=O)c1cnccc1Nc1cc(-c2cc(Cl)ccc2F)ncc1C(C)C. The van der Waals surface area contributed by atoms with Gasteiger partial charge in [-0.1, -0.05) is 39.3 Å². The summed E-state index contributed by atoms with van der Waals surface area (Å²) in [6, 6.07) is 7.34. The van der Waals surface area contributed by atoms with Gasteiger partial charge < -0.3 is 15.7 Å². The van der Waals surface area contributed by atoms with Crippen molar-refractivity contribution in [2.24, 2.45) is 0 Å². The first-order valence-electron chi connectivity index (χ1n) is 10.9. The monoisotopic (exact) mass is 472 g/mol. The molecule has 1 amide bonds. The molecule has 6 nitrogen and oxygen atoms in total. The summed E-state index contributed by atoms with van der Waals surface area (Å²) in [5, 5.41) is 15.6. The zero-order valence-corrected chi connectivity index (χ0v) is 20.2. The summed E-state index contributed by atoms with van der Waals surface area (Å²) in [5.41, 5.74) is 3.15. The van der Waals surface area contributed by atoms with E-state index in [0.717, 1.165) is 5.56 Å². The summed E-state index contributed by atoms with van der Waals surface area (Å²) in [7, 11) is 0. The van der Waals surface area contributed by atoms with Crippen molar-refractivity contribution in [3.05, 3.63) is 70.9 Å². The van der Waals surface area contributed by atoms with Crippen LogP contribution in [-0.4, -0.2) is 33.6 Å². The Morgan fingerprint density at radius 3 is 2.52 bits per heavy atom. The minimum Gasteiger partial charge on any atom is -0.394 e. The van der Waals surface area contributed by atoms with E-state index in [0.29, 0.717) is 27.7 Å². The minimum atomic E-state index is -0.429. The van der Waals surface area contributed by atoms with Gasteiger partial charge in [0.1, 0.15) is 5.82 Å². The molecule has 0 saturated heterocycles. The lowest BCUT2D eigenvalue weighted by Crippen LogP contribution is -2.35. The average molecular weight is 473 g/mol. The second-order valence-electron chi connectivity index (χ2n) is 7.54. The Labute approximate surface area is 199 Å². The van der Waals surface area contributed by atoms with E-state index >= 15 is 0 Å². The van der Waals surface area contributed by atoms with E-state index < -0.39 is 11.9 Å². The zero-order chi connectivity index (χ0) is 24.5. The van der Waals surface area contributed by atoms with Crippen LogP contribution in [0.25, 0.3) is 11.3 Å². The van der Waals surface area contributed by atoms with Crippen LogP contribution >= 0.6 is 11.6 Å². The molecule has 0 bridgehead atoms. The van der Waals surface area contributed by atoms with Gasteiger partial charge in [-0.2, -0.15) is 0 Å². The van der Waals surface area contributed by atoms with E-state index in [-0.39, 0.29) is 24.0 Å². The molecule has 0 fully saturated rings. The molecular weight excluding hydrogens is 443 g/mol. The summed E-state index contributed by atoms with van der Waals surface area (Å²) in [6.07, 6.45) is 4.72. The third-order valence-electron chi connectivity index (χ3n) is 4.75. The number of nitrogens with zero attached hydrogens (tertiary/aromatic N) is 2. The maximum absolute atomic E-state index is 14.4. The van der Waals surface area contributed by atoms with Gasteiger partial charge in [-0.15, -0.1) is 0 Å². The maximum Gasteiger partial charge on any atom is 0.255 e. The number of aromatic nitrogens is 2. The molecule has 0 saturated carbocycles. The molecule has 2 aromatic heterocycles. The van der Waals surface area contributed by atoms with Gasteiger partial charge in [0.2, 0.25) is 0 Å². The largest absolute Gasteiger partial charge is 0.394 e. The van der Waals surface area contributed by atoms with E-state index in [4.69, 9.17) is 11.6 Å². The van der Waals surface area contributed by atoms with Gasteiger partial charge in [0.05, 0.1) is 23.6 Å². The smallest absolute Gasteiger partial charge is 0.255 e. The lowest BCUT2D eigenvalue weighted by molar-refractivity contribution is 0.0923. The number of halogens is 2. The third-order valence-corrected chi connectivity index (χ3v) is 4.98. The summed E-state index contributed by atoms with van der Waals surface area (Å²) in [6.45, 7) is 9.56. The van der Waals surface area contributed by atoms with Crippen LogP contribution in [0.5, 0.6) is 0 Å². The van der Waals surface area contributed by atoms with Crippen LogP contribution in [0, 0.1) is 5.82 Å². The number of rotatable bonds is 7. The molecule has 3 N–H and O–H groups in total.